The molecule has 1 atom stereocenters. The Bertz CT molecular complexity index is 1310. The number of rotatable bonds is 8. The van der Waals surface area contributed by atoms with Crippen LogP contribution in [0.3, 0.4) is 0 Å². The van der Waals surface area contributed by atoms with Crippen LogP contribution in [0.15, 0.2) is 139 Å². The van der Waals surface area contributed by atoms with Crippen LogP contribution < -0.4 is 10.6 Å². The van der Waals surface area contributed by atoms with E-state index in [1.807, 2.05) is 134 Å². The van der Waals surface area contributed by atoms with Crippen molar-refractivity contribution in [2.75, 3.05) is 7.11 Å². The largest absolute Gasteiger partial charge is 0.451 e. The maximum Gasteiger partial charge on any atom is 0.432 e. The monoisotopic (exact) mass is 509 g/mol. The fraction of sp³-hybridized carbons (Fsp3) is 0.156. The number of benzene rings is 4. The maximum atomic E-state index is 13.2. The Morgan fingerprint density at radius 2 is 1.19 bits per heavy atom. The quantitative estimate of drug-likeness (QED) is 0.208. The zero-order valence-corrected chi connectivity index (χ0v) is 22.1. The van der Waals surface area contributed by atoms with Gasteiger partial charge in [0.25, 0.3) is 0 Å². The first-order valence-electron chi connectivity index (χ1n) is 12.2. The molecule has 0 aliphatic heterocycles. The molecule has 0 saturated carbocycles. The minimum Gasteiger partial charge on any atom is -0.451 e. The van der Waals surface area contributed by atoms with Crippen molar-refractivity contribution in [3.63, 3.8) is 0 Å². The highest BCUT2D eigenvalue weighted by Gasteiger charge is 2.58. The van der Waals surface area contributed by atoms with Gasteiger partial charge in [-0.1, -0.05) is 127 Å². The summed E-state index contributed by atoms with van der Waals surface area (Å²) in [5.41, 5.74) is -0.135. The Morgan fingerprint density at radius 1 is 0.811 bits per heavy atom. The summed E-state index contributed by atoms with van der Waals surface area (Å²) in [4.78, 5) is 13.2. The molecule has 1 amide bonds. The summed E-state index contributed by atoms with van der Waals surface area (Å²) < 4.78 is 10.1. The highest BCUT2D eigenvalue weighted by molar-refractivity contribution is 7.82. The van der Waals surface area contributed by atoms with Crippen molar-refractivity contribution in [3.05, 3.63) is 145 Å². The summed E-state index contributed by atoms with van der Waals surface area (Å²) in [5.74, 6) is 0. The highest BCUT2D eigenvalue weighted by atomic mass is 31.2. The number of hydrogen-bond donors (Lipinski definition) is 1. The van der Waals surface area contributed by atoms with Crippen LogP contribution in [0.4, 0.5) is 4.79 Å². The summed E-state index contributed by atoms with van der Waals surface area (Å²) in [7, 11) is -1.80. The first-order chi connectivity index (χ1) is 17.9. The van der Waals surface area contributed by atoms with Crippen molar-refractivity contribution in [1.82, 2.24) is 0 Å². The smallest absolute Gasteiger partial charge is 0.432 e. The second-order valence-electron chi connectivity index (χ2n) is 9.09. The van der Waals surface area contributed by atoms with Crippen molar-refractivity contribution in [2.45, 2.75) is 24.1 Å². The van der Waals surface area contributed by atoms with Gasteiger partial charge in [0.2, 0.25) is 0 Å². The van der Waals surface area contributed by atoms with Crippen molar-refractivity contribution in [1.29, 1.82) is 0 Å². The van der Waals surface area contributed by atoms with Crippen molar-refractivity contribution in [3.8, 4) is 0 Å². The van der Waals surface area contributed by atoms with Gasteiger partial charge in [0, 0.05) is 0 Å². The normalized spacial score (nSPS) is 13.3. The van der Waals surface area contributed by atoms with Gasteiger partial charge in [0.1, 0.15) is 5.60 Å². The lowest BCUT2D eigenvalue weighted by atomic mass is 9.74. The number of allylic oxidation sites excluding steroid dienone is 1. The van der Waals surface area contributed by atoms with Crippen molar-refractivity contribution >= 4 is 23.8 Å². The van der Waals surface area contributed by atoms with E-state index in [9.17, 15) is 9.90 Å². The molecule has 4 aromatic rings. The molecule has 37 heavy (non-hydrogen) atoms. The molecule has 0 heterocycles. The first kappa shape index (κ1) is 26.3. The summed E-state index contributed by atoms with van der Waals surface area (Å²) in [6.45, 7) is 6.12. The van der Waals surface area contributed by atoms with E-state index in [-0.39, 0.29) is 0 Å². The van der Waals surface area contributed by atoms with E-state index in [4.69, 9.17) is 9.48 Å². The molecule has 0 aliphatic carbocycles. The van der Waals surface area contributed by atoms with Crippen LogP contribution in [-0.2, 0) is 10.3 Å². The third-order valence-electron chi connectivity index (χ3n) is 7.08. The molecule has 4 aromatic carbocycles. The zero-order chi connectivity index (χ0) is 26.4. The molecule has 0 saturated heterocycles. The Labute approximate surface area is 219 Å². The van der Waals surface area contributed by atoms with Crippen molar-refractivity contribution in [2.24, 2.45) is 4.74 Å². The van der Waals surface area contributed by atoms with E-state index >= 15 is 0 Å². The van der Waals surface area contributed by atoms with Crippen LogP contribution in [0.5, 0.6) is 0 Å². The summed E-state index contributed by atoms with van der Waals surface area (Å²) in [6.07, 6.45) is 1.50. The van der Waals surface area contributed by atoms with E-state index in [1.165, 1.54) is 7.11 Å². The van der Waals surface area contributed by atoms with Crippen molar-refractivity contribution < 1.29 is 14.6 Å². The number of amides is 1. The number of nitrogens with zero attached hydrogens (tertiary/aromatic N) is 1. The lowest BCUT2D eigenvalue weighted by molar-refractivity contribution is 0.0404. The van der Waals surface area contributed by atoms with Gasteiger partial charge >= 0.3 is 6.09 Å². The van der Waals surface area contributed by atoms with Gasteiger partial charge in [0.15, 0.2) is 0 Å². The topological polar surface area (TPSA) is 58.9 Å². The molecule has 188 valence electrons. The van der Waals surface area contributed by atoms with Gasteiger partial charge in [-0.3, -0.25) is 0 Å². The molecule has 5 heteroatoms. The number of carbonyl (C=O) groups excluding carboxylic acids is 1. The highest BCUT2D eigenvalue weighted by Crippen LogP contribution is 2.68. The average Bonchev–Trinajstić information content (AvgIpc) is 2.97. The van der Waals surface area contributed by atoms with Gasteiger partial charge < -0.3 is 9.84 Å². The molecule has 0 aliphatic rings. The van der Waals surface area contributed by atoms with Crippen LogP contribution in [-0.4, -0.2) is 23.5 Å². The van der Waals surface area contributed by atoms with E-state index in [0.29, 0.717) is 17.5 Å². The maximum absolute atomic E-state index is 13.2. The number of carbonyl (C=O) groups is 1. The summed E-state index contributed by atoms with van der Waals surface area (Å²) >= 11 is 0. The van der Waals surface area contributed by atoms with Gasteiger partial charge in [-0.25, -0.2) is 4.79 Å². The molecule has 0 spiro atoms. The molecule has 0 fully saturated rings. The van der Waals surface area contributed by atoms with Gasteiger partial charge in [-0.2, -0.15) is 4.74 Å². The Kier molecular flexibility index (Phi) is 7.92. The van der Waals surface area contributed by atoms with Gasteiger partial charge in [-0.05, 0) is 35.1 Å². The molecule has 4 nitrogen and oxygen atoms in total. The second-order valence-corrected chi connectivity index (χ2v) is 12.6. The van der Waals surface area contributed by atoms with Crippen LogP contribution >= 0.6 is 7.05 Å². The molecular weight excluding hydrogens is 477 g/mol. The minimum atomic E-state index is -3.14. The summed E-state index contributed by atoms with van der Waals surface area (Å²) in [6, 6.07) is 38.8. The standard InChI is InChI=1S/C32H32NO3P/c1-4-25-31(2,32(35,26-17-9-5-10-18-26)27-19-11-6-12-20-27)37(33-30(34)36-3,28-21-13-7-14-22-28)29-23-15-8-16-24-29/h4-24,35H,1,25H2,2-3H3. The lowest BCUT2D eigenvalue weighted by Gasteiger charge is -2.52. The van der Waals surface area contributed by atoms with Gasteiger partial charge in [-0.15, -0.1) is 6.58 Å². The Morgan fingerprint density at radius 3 is 1.54 bits per heavy atom. The predicted octanol–water partition coefficient (Wildman–Crippen LogP) is 6.88. The molecule has 1 unspecified atom stereocenters. The first-order valence-corrected chi connectivity index (χ1v) is 13.9. The Balaban J connectivity index is 2.27. The van der Waals surface area contributed by atoms with E-state index in [2.05, 4.69) is 6.58 Å². The van der Waals surface area contributed by atoms with E-state index in [0.717, 1.165) is 10.6 Å². The number of hydrogen-bond acceptors (Lipinski definition) is 3. The molecule has 1 N–H and O–H groups in total. The summed E-state index contributed by atoms with van der Waals surface area (Å²) in [5, 5.41) is 13.9. The Hall–Kier alpha value is -3.72. The minimum absolute atomic E-state index is 0.366. The number of ether oxygens (including phenoxy) is 1. The van der Waals surface area contributed by atoms with E-state index in [1.54, 1.807) is 0 Å². The molecule has 0 bridgehead atoms. The lowest BCUT2D eigenvalue weighted by Crippen LogP contribution is -2.53. The average molecular weight is 510 g/mol. The number of aliphatic hydroxyl groups is 1. The number of methoxy groups -OCH3 is 1. The predicted molar refractivity (Wildman–Crippen MR) is 153 cm³/mol. The van der Waals surface area contributed by atoms with Gasteiger partial charge in [0.05, 0.1) is 19.3 Å². The molecule has 4 rings (SSSR count). The van der Waals surface area contributed by atoms with Crippen LogP contribution in [0.1, 0.15) is 24.5 Å². The molecule has 0 radical (unpaired) electrons. The van der Waals surface area contributed by atoms with E-state index < -0.39 is 23.9 Å². The molecule has 0 aromatic heterocycles. The second kappa shape index (κ2) is 11.1. The third kappa shape index (κ3) is 4.48. The van der Waals surface area contributed by atoms with Crippen LogP contribution in [0.2, 0.25) is 0 Å². The third-order valence-corrected chi connectivity index (χ3v) is 11.6. The van der Waals surface area contributed by atoms with Crippen LogP contribution in [0, 0.1) is 0 Å². The zero-order valence-electron chi connectivity index (χ0n) is 21.2. The SMILES string of the molecule is C=CCC(C)(C(O)(c1ccccc1)c1ccccc1)P(=NC(=O)OC)(c1ccccc1)c1ccccc1. The van der Waals surface area contributed by atoms with Crippen LogP contribution in [0.25, 0.3) is 0 Å². The molecular formula is C32H32NO3P. The fourth-order valence-corrected chi connectivity index (χ4v) is 9.88. The fourth-order valence-electron chi connectivity index (χ4n) is 5.34.